The van der Waals surface area contributed by atoms with Crippen LogP contribution in [0.25, 0.3) is 0 Å². The van der Waals surface area contributed by atoms with Crippen molar-refractivity contribution < 1.29 is 4.79 Å². The minimum Gasteiger partial charge on any atom is -0.294 e. The number of nitriles is 2. The molecule has 0 saturated heterocycles. The van der Waals surface area contributed by atoms with Crippen molar-refractivity contribution in [1.29, 1.82) is 10.5 Å². The highest BCUT2D eigenvalue weighted by Crippen LogP contribution is 2.40. The molecule has 3 rings (SSSR count). The molecule has 0 N–H and O–H groups in total. The number of aryl methyl sites for hydroxylation is 2. The summed E-state index contributed by atoms with van der Waals surface area (Å²) in [6.07, 6.45) is 1.48. The molecule has 0 amide bonds. The molecule has 0 spiro atoms. The van der Waals surface area contributed by atoms with Gasteiger partial charge in [0, 0.05) is 17.4 Å². The number of Topliss-reactive ketones (excluding diaryl/α,β-unsaturated/α-hetero) is 1. The zero-order valence-corrected chi connectivity index (χ0v) is 13.6. The van der Waals surface area contributed by atoms with Crippen molar-refractivity contribution >= 4 is 5.78 Å². The molecule has 0 radical (unpaired) electrons. The normalized spacial score (nSPS) is 17.7. The SMILES string of the molecule is Cc1ccc(C(C(C#N)C#N)C2CCc3ccccc3C2=O)cc1. The minimum absolute atomic E-state index is 0.0536. The third kappa shape index (κ3) is 2.82. The number of rotatable bonds is 3. The molecule has 0 saturated carbocycles. The number of hydrogen-bond acceptors (Lipinski definition) is 3. The Morgan fingerprint density at radius 1 is 1.04 bits per heavy atom. The van der Waals surface area contributed by atoms with Crippen LogP contribution in [0, 0.1) is 41.4 Å². The molecule has 0 bridgehead atoms. The number of carbonyl (C=O) groups is 1. The maximum atomic E-state index is 13.0. The summed E-state index contributed by atoms with van der Waals surface area (Å²) >= 11 is 0. The van der Waals surface area contributed by atoms with Gasteiger partial charge in [-0.15, -0.1) is 0 Å². The third-order valence-corrected chi connectivity index (χ3v) is 4.88. The van der Waals surface area contributed by atoms with E-state index >= 15 is 0 Å². The molecule has 2 aromatic carbocycles. The van der Waals surface area contributed by atoms with Crippen LogP contribution < -0.4 is 0 Å². The Kier molecular flexibility index (Phi) is 4.45. The Labute approximate surface area is 142 Å². The molecular formula is C21H18N2O. The molecule has 1 aliphatic rings. The van der Waals surface area contributed by atoms with Gasteiger partial charge in [0.15, 0.2) is 5.78 Å². The van der Waals surface area contributed by atoms with Gasteiger partial charge in [0.2, 0.25) is 0 Å². The van der Waals surface area contributed by atoms with E-state index < -0.39 is 5.92 Å². The summed E-state index contributed by atoms with van der Waals surface area (Å²) in [4.78, 5) is 13.0. The maximum Gasteiger partial charge on any atom is 0.166 e. The summed E-state index contributed by atoms with van der Waals surface area (Å²) in [5.74, 6) is -1.49. The van der Waals surface area contributed by atoms with Crippen LogP contribution in [0.3, 0.4) is 0 Å². The van der Waals surface area contributed by atoms with Gasteiger partial charge in [-0.1, -0.05) is 54.1 Å². The van der Waals surface area contributed by atoms with Gasteiger partial charge >= 0.3 is 0 Å². The first-order valence-corrected chi connectivity index (χ1v) is 8.13. The molecule has 24 heavy (non-hydrogen) atoms. The second-order valence-electron chi connectivity index (χ2n) is 6.34. The summed E-state index contributed by atoms with van der Waals surface area (Å²) in [7, 11) is 0. The fourth-order valence-electron chi connectivity index (χ4n) is 3.60. The predicted octanol–water partition coefficient (Wildman–Crippen LogP) is 4.19. The first-order chi connectivity index (χ1) is 11.7. The van der Waals surface area contributed by atoms with E-state index in [1.165, 1.54) is 0 Å². The molecule has 2 unspecified atom stereocenters. The summed E-state index contributed by atoms with van der Waals surface area (Å²) < 4.78 is 0. The number of fused-ring (bicyclic) bond motifs is 1. The van der Waals surface area contributed by atoms with E-state index in [4.69, 9.17) is 0 Å². The highest BCUT2D eigenvalue weighted by Gasteiger charge is 2.38. The lowest BCUT2D eigenvalue weighted by molar-refractivity contribution is 0.0872. The van der Waals surface area contributed by atoms with E-state index in [9.17, 15) is 15.3 Å². The van der Waals surface area contributed by atoms with Gasteiger partial charge < -0.3 is 0 Å². The highest BCUT2D eigenvalue weighted by molar-refractivity contribution is 6.00. The van der Waals surface area contributed by atoms with Crippen molar-refractivity contribution in [1.82, 2.24) is 0 Å². The van der Waals surface area contributed by atoms with Crippen LogP contribution in [0.1, 0.15) is 39.4 Å². The molecule has 1 aliphatic carbocycles. The average Bonchev–Trinajstić information content (AvgIpc) is 2.62. The standard InChI is InChI=1S/C21H18N2O/c1-14-6-8-16(9-7-14)20(17(12-22)13-23)19-11-10-15-4-2-3-5-18(15)21(19)24/h2-9,17,19-20H,10-11H2,1H3. The van der Waals surface area contributed by atoms with Gasteiger partial charge in [-0.05, 0) is 30.9 Å². The molecule has 0 heterocycles. The number of nitrogens with zero attached hydrogens (tertiary/aromatic N) is 2. The average molecular weight is 314 g/mol. The molecule has 118 valence electrons. The molecule has 2 atom stereocenters. The van der Waals surface area contributed by atoms with Gasteiger partial charge in [0.25, 0.3) is 0 Å². The van der Waals surface area contributed by atoms with Gasteiger partial charge in [0.05, 0.1) is 12.1 Å². The second-order valence-corrected chi connectivity index (χ2v) is 6.34. The molecule has 3 nitrogen and oxygen atoms in total. The first kappa shape index (κ1) is 16.0. The zero-order chi connectivity index (χ0) is 17.1. The third-order valence-electron chi connectivity index (χ3n) is 4.88. The number of benzene rings is 2. The second kappa shape index (κ2) is 6.69. The minimum atomic E-state index is -0.827. The van der Waals surface area contributed by atoms with E-state index in [1.807, 2.05) is 55.5 Å². The summed E-state index contributed by atoms with van der Waals surface area (Å²) in [6, 6.07) is 19.6. The molecule has 0 aromatic heterocycles. The first-order valence-electron chi connectivity index (χ1n) is 8.13. The predicted molar refractivity (Wildman–Crippen MR) is 91.2 cm³/mol. The van der Waals surface area contributed by atoms with Crippen molar-refractivity contribution in [2.45, 2.75) is 25.7 Å². The Hall–Kier alpha value is -2.91. The Balaban J connectivity index is 2.04. The lowest BCUT2D eigenvalue weighted by Gasteiger charge is -2.31. The highest BCUT2D eigenvalue weighted by atomic mass is 16.1. The lowest BCUT2D eigenvalue weighted by Crippen LogP contribution is -2.31. The van der Waals surface area contributed by atoms with Gasteiger partial charge in [-0.25, -0.2) is 0 Å². The van der Waals surface area contributed by atoms with Crippen LogP contribution in [0.5, 0.6) is 0 Å². The summed E-state index contributed by atoms with van der Waals surface area (Å²) in [5.41, 5.74) is 3.81. The topological polar surface area (TPSA) is 64.7 Å². The lowest BCUT2D eigenvalue weighted by atomic mass is 9.69. The van der Waals surface area contributed by atoms with Crippen molar-refractivity contribution in [2.75, 3.05) is 0 Å². The Morgan fingerprint density at radius 2 is 1.71 bits per heavy atom. The molecule has 0 aliphatic heterocycles. The Bertz CT molecular complexity index is 825. The number of hydrogen-bond donors (Lipinski definition) is 0. The van der Waals surface area contributed by atoms with Gasteiger partial charge in [0.1, 0.15) is 5.92 Å². The van der Waals surface area contributed by atoms with Gasteiger partial charge in [-0.2, -0.15) is 10.5 Å². The van der Waals surface area contributed by atoms with E-state index in [0.717, 1.165) is 28.7 Å². The van der Waals surface area contributed by atoms with Crippen LogP contribution in [0.15, 0.2) is 48.5 Å². The van der Waals surface area contributed by atoms with Crippen molar-refractivity contribution in [2.24, 2.45) is 11.8 Å². The fourth-order valence-corrected chi connectivity index (χ4v) is 3.60. The van der Waals surface area contributed by atoms with Crippen LogP contribution in [0.2, 0.25) is 0 Å². The van der Waals surface area contributed by atoms with E-state index in [2.05, 4.69) is 12.1 Å². The number of carbonyl (C=O) groups excluding carboxylic acids is 1. The van der Waals surface area contributed by atoms with Crippen LogP contribution in [0.4, 0.5) is 0 Å². The zero-order valence-electron chi connectivity index (χ0n) is 13.6. The molecule has 0 fully saturated rings. The van der Waals surface area contributed by atoms with Crippen LogP contribution in [-0.4, -0.2) is 5.78 Å². The molecular weight excluding hydrogens is 296 g/mol. The Morgan fingerprint density at radius 3 is 2.38 bits per heavy atom. The van der Waals surface area contributed by atoms with Gasteiger partial charge in [-0.3, -0.25) is 4.79 Å². The van der Waals surface area contributed by atoms with Crippen LogP contribution >= 0.6 is 0 Å². The summed E-state index contributed by atoms with van der Waals surface area (Å²) in [6.45, 7) is 1.99. The quantitative estimate of drug-likeness (QED) is 0.853. The molecule has 2 aromatic rings. The van der Waals surface area contributed by atoms with E-state index in [-0.39, 0.29) is 17.6 Å². The summed E-state index contributed by atoms with van der Waals surface area (Å²) in [5, 5.41) is 18.9. The van der Waals surface area contributed by atoms with Crippen molar-refractivity contribution in [3.63, 3.8) is 0 Å². The van der Waals surface area contributed by atoms with E-state index in [0.29, 0.717) is 6.42 Å². The fraction of sp³-hybridized carbons (Fsp3) is 0.286. The van der Waals surface area contributed by atoms with Crippen LogP contribution in [-0.2, 0) is 6.42 Å². The van der Waals surface area contributed by atoms with Crippen molar-refractivity contribution in [3.8, 4) is 12.1 Å². The smallest absolute Gasteiger partial charge is 0.166 e. The number of ketones is 1. The maximum absolute atomic E-state index is 13.0. The largest absolute Gasteiger partial charge is 0.294 e. The molecule has 3 heteroatoms. The van der Waals surface area contributed by atoms with Crippen molar-refractivity contribution in [3.05, 3.63) is 70.8 Å². The van der Waals surface area contributed by atoms with E-state index in [1.54, 1.807) is 0 Å². The monoisotopic (exact) mass is 314 g/mol.